The molecule has 1 saturated carbocycles. The van der Waals surface area contributed by atoms with Crippen molar-refractivity contribution in [1.29, 1.82) is 0 Å². The van der Waals surface area contributed by atoms with Crippen LogP contribution in [0.25, 0.3) is 0 Å². The lowest BCUT2D eigenvalue weighted by Crippen LogP contribution is -2.27. The molecule has 0 bridgehead atoms. The monoisotopic (exact) mass is 350 g/mol. The highest BCUT2D eigenvalue weighted by Crippen LogP contribution is 2.38. The highest BCUT2D eigenvalue weighted by Gasteiger charge is 2.28. The van der Waals surface area contributed by atoms with Crippen LogP contribution in [-0.2, 0) is 11.2 Å². The van der Waals surface area contributed by atoms with Crippen molar-refractivity contribution in [3.8, 4) is 0 Å². The molecular formula is C16H19ClN4OS. The van der Waals surface area contributed by atoms with Gasteiger partial charge in [0.25, 0.3) is 0 Å². The quantitative estimate of drug-likeness (QED) is 0.780. The summed E-state index contributed by atoms with van der Waals surface area (Å²) in [6.07, 6.45) is 3.13. The molecule has 0 aliphatic heterocycles. The van der Waals surface area contributed by atoms with Crippen LogP contribution in [0.4, 0.5) is 0 Å². The van der Waals surface area contributed by atoms with E-state index in [0.717, 1.165) is 28.0 Å². The first-order valence-corrected chi connectivity index (χ1v) is 9.05. The van der Waals surface area contributed by atoms with Crippen molar-refractivity contribution in [3.63, 3.8) is 0 Å². The van der Waals surface area contributed by atoms with Crippen LogP contribution in [0.1, 0.15) is 30.3 Å². The van der Waals surface area contributed by atoms with E-state index in [0.29, 0.717) is 18.3 Å². The van der Waals surface area contributed by atoms with Crippen LogP contribution in [0.15, 0.2) is 29.4 Å². The molecule has 1 aromatic carbocycles. The summed E-state index contributed by atoms with van der Waals surface area (Å²) in [7, 11) is 0. The molecule has 1 aliphatic carbocycles. The van der Waals surface area contributed by atoms with Crippen LogP contribution in [0.3, 0.4) is 0 Å². The molecule has 0 saturated heterocycles. The summed E-state index contributed by atoms with van der Waals surface area (Å²) in [6.45, 7) is 2.56. The van der Waals surface area contributed by atoms with Crippen LogP contribution in [0, 0.1) is 6.92 Å². The number of nitrogens with one attached hydrogen (secondary N) is 1. The third kappa shape index (κ3) is 4.48. The maximum Gasteiger partial charge on any atom is 0.230 e. The Morgan fingerprint density at radius 3 is 3.00 bits per heavy atom. The molecular weight excluding hydrogens is 332 g/mol. The molecule has 0 unspecified atom stereocenters. The summed E-state index contributed by atoms with van der Waals surface area (Å²) in [5.41, 5.74) is 1.12. The van der Waals surface area contributed by atoms with Crippen molar-refractivity contribution < 1.29 is 4.79 Å². The van der Waals surface area contributed by atoms with E-state index in [1.807, 2.05) is 31.2 Å². The smallest absolute Gasteiger partial charge is 0.230 e. The average molecular weight is 351 g/mol. The number of thioether (sulfide) groups is 1. The SMILES string of the molecule is Cc1nnc(SCC(=O)NCCc2cccc(Cl)c2)n1C1CC1. The van der Waals surface area contributed by atoms with Crippen LogP contribution >= 0.6 is 23.4 Å². The molecule has 3 rings (SSSR count). The van der Waals surface area contributed by atoms with E-state index in [1.165, 1.54) is 24.6 Å². The Morgan fingerprint density at radius 2 is 2.26 bits per heavy atom. The fourth-order valence-corrected chi connectivity index (χ4v) is 3.52. The standard InChI is InChI=1S/C16H19ClN4OS/c1-11-19-20-16(21(11)14-5-6-14)23-10-15(22)18-8-7-12-3-2-4-13(17)9-12/h2-4,9,14H,5-8,10H2,1H3,(H,18,22). The minimum Gasteiger partial charge on any atom is -0.355 e. The Labute approximate surface area is 144 Å². The van der Waals surface area contributed by atoms with Gasteiger partial charge in [-0.05, 0) is 43.9 Å². The van der Waals surface area contributed by atoms with Crippen molar-refractivity contribution in [2.75, 3.05) is 12.3 Å². The van der Waals surface area contributed by atoms with Crippen molar-refractivity contribution in [1.82, 2.24) is 20.1 Å². The fourth-order valence-electron chi connectivity index (χ4n) is 2.42. The Kier molecular flexibility index (Phi) is 5.23. The third-order valence-electron chi connectivity index (χ3n) is 3.70. The van der Waals surface area contributed by atoms with Crippen LogP contribution in [-0.4, -0.2) is 33.0 Å². The van der Waals surface area contributed by atoms with Crippen LogP contribution < -0.4 is 5.32 Å². The van der Waals surface area contributed by atoms with E-state index in [2.05, 4.69) is 20.1 Å². The number of carbonyl (C=O) groups is 1. The predicted molar refractivity (Wildman–Crippen MR) is 91.9 cm³/mol. The lowest BCUT2D eigenvalue weighted by molar-refractivity contribution is -0.118. The molecule has 1 amide bonds. The summed E-state index contributed by atoms with van der Waals surface area (Å²) in [5.74, 6) is 1.30. The fraction of sp³-hybridized carbons (Fsp3) is 0.438. The second-order valence-corrected chi connectivity index (χ2v) is 7.03. The number of carbonyl (C=O) groups excluding carboxylic acids is 1. The van der Waals surface area contributed by atoms with Crippen molar-refractivity contribution in [3.05, 3.63) is 40.7 Å². The maximum absolute atomic E-state index is 12.0. The molecule has 1 aliphatic rings. The Bertz CT molecular complexity index is 699. The van der Waals surface area contributed by atoms with Gasteiger partial charge in [0.05, 0.1) is 5.75 Å². The van der Waals surface area contributed by atoms with Crippen LogP contribution in [0.5, 0.6) is 0 Å². The van der Waals surface area contributed by atoms with Crippen molar-refractivity contribution >= 4 is 29.3 Å². The van der Waals surface area contributed by atoms with Crippen molar-refractivity contribution in [2.24, 2.45) is 0 Å². The first-order valence-electron chi connectivity index (χ1n) is 7.69. The van der Waals surface area contributed by atoms with Gasteiger partial charge in [0.1, 0.15) is 5.82 Å². The minimum absolute atomic E-state index is 0.0139. The molecule has 7 heteroatoms. The molecule has 1 aromatic heterocycles. The highest BCUT2D eigenvalue weighted by molar-refractivity contribution is 7.99. The van der Waals surface area contributed by atoms with Gasteiger partial charge >= 0.3 is 0 Å². The van der Waals surface area contributed by atoms with Gasteiger partial charge in [-0.2, -0.15) is 0 Å². The molecule has 0 spiro atoms. The van der Waals surface area contributed by atoms with E-state index < -0.39 is 0 Å². The van der Waals surface area contributed by atoms with E-state index in [1.54, 1.807) is 0 Å². The summed E-state index contributed by atoms with van der Waals surface area (Å²) in [5, 5.41) is 12.8. The third-order valence-corrected chi connectivity index (χ3v) is 4.88. The maximum atomic E-state index is 12.0. The number of rotatable bonds is 7. The number of aromatic nitrogens is 3. The Hall–Kier alpha value is -1.53. The van der Waals surface area contributed by atoms with Crippen molar-refractivity contribution in [2.45, 2.75) is 37.4 Å². The summed E-state index contributed by atoms with van der Waals surface area (Å²) in [4.78, 5) is 12.0. The molecule has 1 heterocycles. The summed E-state index contributed by atoms with van der Waals surface area (Å²) < 4.78 is 2.14. The number of hydrogen-bond donors (Lipinski definition) is 1. The lowest BCUT2D eigenvalue weighted by Gasteiger charge is -2.07. The van der Waals surface area contributed by atoms with Gasteiger partial charge in [-0.15, -0.1) is 10.2 Å². The van der Waals surface area contributed by atoms with Crippen LogP contribution in [0.2, 0.25) is 5.02 Å². The number of amides is 1. The van der Waals surface area contributed by atoms with Gasteiger partial charge in [0.2, 0.25) is 5.91 Å². The molecule has 5 nitrogen and oxygen atoms in total. The lowest BCUT2D eigenvalue weighted by atomic mass is 10.1. The first-order chi connectivity index (χ1) is 11.1. The minimum atomic E-state index is 0.0139. The molecule has 0 atom stereocenters. The van der Waals surface area contributed by atoms with Gasteiger partial charge in [0.15, 0.2) is 5.16 Å². The van der Waals surface area contributed by atoms with Gasteiger partial charge in [-0.3, -0.25) is 4.79 Å². The van der Waals surface area contributed by atoms with E-state index >= 15 is 0 Å². The zero-order chi connectivity index (χ0) is 16.2. The number of nitrogens with zero attached hydrogens (tertiary/aromatic N) is 3. The predicted octanol–water partition coefficient (Wildman–Crippen LogP) is 3.03. The molecule has 1 fully saturated rings. The zero-order valence-corrected chi connectivity index (χ0v) is 14.5. The normalized spacial score (nSPS) is 14.0. The molecule has 23 heavy (non-hydrogen) atoms. The highest BCUT2D eigenvalue weighted by atomic mass is 35.5. The average Bonchev–Trinajstić information content (AvgIpc) is 3.28. The van der Waals surface area contributed by atoms with E-state index in [-0.39, 0.29) is 5.91 Å². The van der Waals surface area contributed by atoms with Gasteiger partial charge < -0.3 is 9.88 Å². The zero-order valence-electron chi connectivity index (χ0n) is 13.0. The largest absolute Gasteiger partial charge is 0.355 e. The number of benzene rings is 1. The number of hydrogen-bond acceptors (Lipinski definition) is 4. The van der Waals surface area contributed by atoms with Gasteiger partial charge in [-0.25, -0.2) is 0 Å². The molecule has 0 radical (unpaired) electrons. The Balaban J connectivity index is 1.43. The van der Waals surface area contributed by atoms with Gasteiger partial charge in [-0.1, -0.05) is 35.5 Å². The van der Waals surface area contributed by atoms with E-state index in [9.17, 15) is 4.79 Å². The number of aryl methyl sites for hydroxylation is 1. The first kappa shape index (κ1) is 16.3. The summed E-state index contributed by atoms with van der Waals surface area (Å²) >= 11 is 7.39. The topological polar surface area (TPSA) is 59.8 Å². The molecule has 2 aromatic rings. The summed E-state index contributed by atoms with van der Waals surface area (Å²) in [6, 6.07) is 8.22. The van der Waals surface area contributed by atoms with E-state index in [4.69, 9.17) is 11.6 Å². The van der Waals surface area contributed by atoms with Gasteiger partial charge in [0, 0.05) is 17.6 Å². The molecule has 1 N–H and O–H groups in total. The molecule has 122 valence electrons. The second kappa shape index (κ2) is 7.36. The Morgan fingerprint density at radius 1 is 1.43 bits per heavy atom. The second-order valence-electron chi connectivity index (χ2n) is 5.65. The number of halogens is 1.